The summed E-state index contributed by atoms with van der Waals surface area (Å²) in [7, 11) is 0. The van der Waals surface area contributed by atoms with Crippen molar-refractivity contribution in [3.8, 4) is 0 Å². The maximum atomic E-state index is 12.6. The summed E-state index contributed by atoms with van der Waals surface area (Å²) in [6.45, 7) is 3.62. The topological polar surface area (TPSA) is 41.6 Å². The first-order valence-corrected chi connectivity index (χ1v) is 7.45. The molecule has 0 aromatic heterocycles. The zero-order chi connectivity index (χ0) is 13.9. The molecule has 4 heteroatoms. The zero-order valence-electron chi connectivity index (χ0n) is 11.9. The molecular formula is C16H22N2O2. The molecule has 2 fully saturated rings. The number of nitrogens with one attached hydrogen (secondary N) is 1. The van der Waals surface area contributed by atoms with Crippen LogP contribution in [0.4, 0.5) is 0 Å². The van der Waals surface area contributed by atoms with Crippen molar-refractivity contribution >= 4 is 5.91 Å². The molecule has 2 aliphatic rings. The number of nitrogens with zero attached hydrogens (tertiary/aromatic N) is 1. The predicted octanol–water partition coefficient (Wildman–Crippen LogP) is 1.55. The van der Waals surface area contributed by atoms with E-state index in [2.05, 4.69) is 24.4 Å². The minimum Gasteiger partial charge on any atom is -0.381 e. The van der Waals surface area contributed by atoms with Crippen LogP contribution in [-0.2, 0) is 16.0 Å². The Morgan fingerprint density at radius 3 is 2.65 bits per heavy atom. The normalized spacial score (nSPS) is 28.1. The fourth-order valence-corrected chi connectivity index (χ4v) is 3.27. The van der Waals surface area contributed by atoms with Crippen LogP contribution in [0.15, 0.2) is 30.3 Å². The highest BCUT2D eigenvalue weighted by atomic mass is 16.5. The molecule has 0 spiro atoms. The predicted molar refractivity (Wildman–Crippen MR) is 77.2 cm³/mol. The van der Waals surface area contributed by atoms with Gasteiger partial charge in [0.1, 0.15) is 0 Å². The Bertz CT molecular complexity index is 457. The van der Waals surface area contributed by atoms with Crippen LogP contribution in [0.2, 0.25) is 0 Å². The molecule has 2 aliphatic heterocycles. The van der Waals surface area contributed by atoms with Gasteiger partial charge in [0.2, 0.25) is 5.91 Å². The van der Waals surface area contributed by atoms with E-state index < -0.39 is 0 Å². The van der Waals surface area contributed by atoms with E-state index in [0.717, 1.165) is 32.5 Å². The molecule has 1 N–H and O–H groups in total. The van der Waals surface area contributed by atoms with Crippen molar-refractivity contribution in [2.24, 2.45) is 0 Å². The highest BCUT2D eigenvalue weighted by Crippen LogP contribution is 2.23. The van der Waals surface area contributed by atoms with Crippen molar-refractivity contribution in [1.82, 2.24) is 10.2 Å². The Morgan fingerprint density at radius 2 is 1.95 bits per heavy atom. The van der Waals surface area contributed by atoms with Crippen molar-refractivity contribution in [2.75, 3.05) is 13.2 Å². The van der Waals surface area contributed by atoms with E-state index in [9.17, 15) is 4.79 Å². The number of rotatable bonds is 3. The van der Waals surface area contributed by atoms with E-state index in [-0.39, 0.29) is 18.1 Å². The van der Waals surface area contributed by atoms with Gasteiger partial charge in [0.05, 0.1) is 12.2 Å². The van der Waals surface area contributed by atoms with E-state index in [1.807, 2.05) is 23.1 Å². The molecule has 4 nitrogen and oxygen atoms in total. The first-order chi connectivity index (χ1) is 9.75. The lowest BCUT2D eigenvalue weighted by molar-refractivity contribution is -0.133. The molecule has 0 bridgehead atoms. The smallest absolute Gasteiger partial charge is 0.241 e. The number of hydrogen-bond acceptors (Lipinski definition) is 3. The fourth-order valence-electron chi connectivity index (χ4n) is 3.27. The molecule has 0 radical (unpaired) electrons. The summed E-state index contributed by atoms with van der Waals surface area (Å²) in [5.74, 6) is 0.244. The Labute approximate surface area is 120 Å². The van der Waals surface area contributed by atoms with Crippen LogP contribution in [0.1, 0.15) is 25.3 Å². The zero-order valence-corrected chi connectivity index (χ0v) is 11.9. The number of ether oxygens (including phenoxy) is 1. The third-order valence-corrected chi connectivity index (χ3v) is 4.28. The van der Waals surface area contributed by atoms with E-state index in [1.54, 1.807) is 0 Å². The van der Waals surface area contributed by atoms with Gasteiger partial charge in [0.25, 0.3) is 0 Å². The van der Waals surface area contributed by atoms with Gasteiger partial charge in [-0.25, -0.2) is 0 Å². The number of carbonyl (C=O) groups is 1. The maximum Gasteiger partial charge on any atom is 0.241 e. The average molecular weight is 274 g/mol. The van der Waals surface area contributed by atoms with Gasteiger partial charge in [-0.05, 0) is 31.7 Å². The Balaban J connectivity index is 1.68. The van der Waals surface area contributed by atoms with Crippen molar-refractivity contribution in [2.45, 2.75) is 44.4 Å². The SMILES string of the molecule is CC1NC(Cc2ccccc2)C(=O)N1C1CCOCC1. The second-order valence-corrected chi connectivity index (χ2v) is 5.67. The van der Waals surface area contributed by atoms with Gasteiger partial charge >= 0.3 is 0 Å². The van der Waals surface area contributed by atoms with Crippen molar-refractivity contribution in [3.63, 3.8) is 0 Å². The fraction of sp³-hybridized carbons (Fsp3) is 0.562. The van der Waals surface area contributed by atoms with Crippen molar-refractivity contribution < 1.29 is 9.53 Å². The van der Waals surface area contributed by atoms with Gasteiger partial charge in [-0.15, -0.1) is 0 Å². The number of amides is 1. The minimum atomic E-state index is -0.0877. The molecule has 108 valence electrons. The molecule has 0 aliphatic carbocycles. The Kier molecular flexibility index (Phi) is 4.03. The number of hydrogen-bond donors (Lipinski definition) is 1. The molecule has 2 atom stereocenters. The molecule has 0 saturated carbocycles. The average Bonchev–Trinajstić information content (AvgIpc) is 2.75. The Hall–Kier alpha value is -1.39. The molecule has 1 aromatic carbocycles. The van der Waals surface area contributed by atoms with E-state index in [1.165, 1.54) is 5.56 Å². The van der Waals surface area contributed by atoms with Gasteiger partial charge in [-0.2, -0.15) is 0 Å². The van der Waals surface area contributed by atoms with Crippen LogP contribution >= 0.6 is 0 Å². The highest BCUT2D eigenvalue weighted by molar-refractivity contribution is 5.85. The van der Waals surface area contributed by atoms with Gasteiger partial charge in [0.15, 0.2) is 0 Å². The molecule has 20 heavy (non-hydrogen) atoms. The molecular weight excluding hydrogens is 252 g/mol. The molecule has 3 rings (SSSR count). The lowest BCUT2D eigenvalue weighted by Crippen LogP contribution is -2.45. The van der Waals surface area contributed by atoms with E-state index >= 15 is 0 Å². The van der Waals surface area contributed by atoms with E-state index in [0.29, 0.717) is 6.04 Å². The largest absolute Gasteiger partial charge is 0.381 e. The summed E-state index contributed by atoms with van der Waals surface area (Å²) in [5.41, 5.74) is 1.21. The first-order valence-electron chi connectivity index (χ1n) is 7.45. The first kappa shape index (κ1) is 13.6. The van der Waals surface area contributed by atoms with Gasteiger partial charge < -0.3 is 9.64 Å². The number of benzene rings is 1. The lowest BCUT2D eigenvalue weighted by Gasteiger charge is -2.33. The second kappa shape index (κ2) is 5.94. The lowest BCUT2D eigenvalue weighted by atomic mass is 10.0. The van der Waals surface area contributed by atoms with Gasteiger partial charge in [0, 0.05) is 19.3 Å². The number of carbonyl (C=O) groups excluding carboxylic acids is 1. The summed E-state index contributed by atoms with van der Waals surface area (Å²) in [6.07, 6.45) is 2.80. The molecule has 2 unspecified atom stereocenters. The van der Waals surface area contributed by atoms with Crippen LogP contribution in [-0.4, -0.2) is 42.3 Å². The minimum absolute atomic E-state index is 0.0877. The Morgan fingerprint density at radius 1 is 1.25 bits per heavy atom. The van der Waals surface area contributed by atoms with Crippen molar-refractivity contribution in [1.29, 1.82) is 0 Å². The van der Waals surface area contributed by atoms with Crippen LogP contribution in [0.25, 0.3) is 0 Å². The van der Waals surface area contributed by atoms with Crippen LogP contribution in [0.5, 0.6) is 0 Å². The van der Waals surface area contributed by atoms with Crippen LogP contribution in [0.3, 0.4) is 0 Å². The molecule has 1 amide bonds. The van der Waals surface area contributed by atoms with Gasteiger partial charge in [-0.3, -0.25) is 10.1 Å². The van der Waals surface area contributed by atoms with Crippen molar-refractivity contribution in [3.05, 3.63) is 35.9 Å². The van der Waals surface area contributed by atoms with Gasteiger partial charge in [-0.1, -0.05) is 30.3 Å². The molecule has 2 saturated heterocycles. The van der Waals surface area contributed by atoms with E-state index in [4.69, 9.17) is 4.74 Å². The second-order valence-electron chi connectivity index (χ2n) is 5.67. The monoisotopic (exact) mass is 274 g/mol. The summed E-state index contributed by atoms with van der Waals surface area (Å²) in [4.78, 5) is 14.7. The summed E-state index contributed by atoms with van der Waals surface area (Å²) in [5, 5.41) is 3.44. The quantitative estimate of drug-likeness (QED) is 0.909. The standard InChI is InChI=1S/C16H22N2O2/c1-12-17-15(11-13-5-3-2-4-6-13)16(19)18(12)14-7-9-20-10-8-14/h2-6,12,14-15,17H,7-11H2,1H3. The molecule has 2 heterocycles. The third kappa shape index (κ3) is 2.72. The summed E-state index contributed by atoms with van der Waals surface area (Å²) in [6, 6.07) is 10.5. The highest BCUT2D eigenvalue weighted by Gasteiger charge is 2.40. The molecule has 1 aromatic rings. The summed E-state index contributed by atoms with van der Waals surface area (Å²) >= 11 is 0. The summed E-state index contributed by atoms with van der Waals surface area (Å²) < 4.78 is 5.39. The van der Waals surface area contributed by atoms with Crippen LogP contribution < -0.4 is 5.32 Å². The van der Waals surface area contributed by atoms with Crippen LogP contribution in [0, 0.1) is 0 Å². The third-order valence-electron chi connectivity index (χ3n) is 4.28. The maximum absolute atomic E-state index is 12.6.